The summed E-state index contributed by atoms with van der Waals surface area (Å²) in [5.41, 5.74) is 1.73. The van der Waals surface area contributed by atoms with Gasteiger partial charge in [-0.25, -0.2) is 4.98 Å². The second-order valence-corrected chi connectivity index (χ2v) is 3.18. The van der Waals surface area contributed by atoms with Gasteiger partial charge in [0.15, 0.2) is 5.15 Å². The largest absolute Gasteiger partial charge is 0.256 e. The highest BCUT2D eigenvalue weighted by Crippen LogP contribution is 2.14. The summed E-state index contributed by atoms with van der Waals surface area (Å²) in [4.78, 5) is 8.28. The third-order valence-electron chi connectivity index (χ3n) is 1.51. The van der Waals surface area contributed by atoms with Crippen molar-refractivity contribution in [1.82, 2.24) is 9.97 Å². The van der Waals surface area contributed by atoms with Crippen LogP contribution in [0.3, 0.4) is 0 Å². The second-order valence-electron chi connectivity index (χ2n) is 2.83. The van der Waals surface area contributed by atoms with E-state index >= 15 is 0 Å². The number of rotatable bonds is 1. The highest BCUT2D eigenvalue weighted by atomic mass is 35.5. The first kappa shape index (κ1) is 8.47. The number of aryl methyl sites for hydroxylation is 1. The van der Waals surface area contributed by atoms with Crippen molar-refractivity contribution >= 4 is 11.6 Å². The van der Waals surface area contributed by atoms with E-state index in [4.69, 9.17) is 11.6 Å². The molecule has 0 atom stereocenters. The van der Waals surface area contributed by atoms with Crippen molar-refractivity contribution in [3.8, 4) is 0 Å². The molecule has 1 aromatic heterocycles. The highest BCUT2D eigenvalue weighted by Gasteiger charge is 2.03. The molecule has 1 aromatic rings. The summed E-state index contributed by atoms with van der Waals surface area (Å²) in [6, 6.07) is 0. The van der Waals surface area contributed by atoms with Crippen LogP contribution in [0.2, 0.25) is 5.15 Å². The van der Waals surface area contributed by atoms with E-state index in [0.29, 0.717) is 11.1 Å². The van der Waals surface area contributed by atoms with Crippen LogP contribution in [0.4, 0.5) is 0 Å². The lowest BCUT2D eigenvalue weighted by atomic mass is 10.1. The third kappa shape index (κ3) is 1.90. The Morgan fingerprint density at radius 2 is 2.09 bits per heavy atom. The summed E-state index contributed by atoms with van der Waals surface area (Å²) in [7, 11) is 0. The molecule has 0 aromatic carbocycles. The molecular formula is C8H11ClN2. The molecule has 0 saturated carbocycles. The molecule has 0 unspecified atom stereocenters. The number of hydrogen-bond donors (Lipinski definition) is 0. The van der Waals surface area contributed by atoms with Crippen LogP contribution >= 0.6 is 11.6 Å². The van der Waals surface area contributed by atoms with Gasteiger partial charge in [0, 0.05) is 6.20 Å². The van der Waals surface area contributed by atoms with Crippen molar-refractivity contribution in [2.24, 2.45) is 0 Å². The van der Waals surface area contributed by atoms with Crippen molar-refractivity contribution in [1.29, 1.82) is 0 Å². The minimum absolute atomic E-state index is 0.389. The lowest BCUT2D eigenvalue weighted by molar-refractivity contribution is 0.807. The zero-order chi connectivity index (χ0) is 8.43. The van der Waals surface area contributed by atoms with Crippen molar-refractivity contribution in [2.75, 3.05) is 0 Å². The maximum absolute atomic E-state index is 5.78. The Bertz CT molecular complexity index is 258. The van der Waals surface area contributed by atoms with Crippen LogP contribution in [0.25, 0.3) is 0 Å². The Balaban J connectivity index is 3.05. The quantitative estimate of drug-likeness (QED) is 0.648. The molecule has 1 heterocycles. The fraction of sp³-hybridized carbons (Fsp3) is 0.500. The monoisotopic (exact) mass is 170 g/mol. The molecule has 60 valence electrons. The van der Waals surface area contributed by atoms with Gasteiger partial charge >= 0.3 is 0 Å². The Kier molecular flexibility index (Phi) is 2.45. The molecule has 0 aliphatic carbocycles. The minimum atomic E-state index is 0.389. The number of halogens is 1. The van der Waals surface area contributed by atoms with Gasteiger partial charge < -0.3 is 0 Å². The SMILES string of the molecule is Cc1ncc(C(C)C)nc1Cl. The molecule has 0 radical (unpaired) electrons. The minimum Gasteiger partial charge on any atom is -0.256 e. The molecule has 0 bridgehead atoms. The highest BCUT2D eigenvalue weighted by molar-refractivity contribution is 6.29. The van der Waals surface area contributed by atoms with Gasteiger partial charge in [-0.1, -0.05) is 25.4 Å². The molecule has 0 saturated heterocycles. The average molecular weight is 171 g/mol. The normalized spacial score (nSPS) is 10.6. The second kappa shape index (κ2) is 3.18. The maximum Gasteiger partial charge on any atom is 0.150 e. The van der Waals surface area contributed by atoms with Crippen LogP contribution in [0.1, 0.15) is 31.2 Å². The summed E-state index contributed by atoms with van der Waals surface area (Å²) in [5.74, 6) is 0.389. The maximum atomic E-state index is 5.78. The molecule has 0 fully saturated rings. The van der Waals surface area contributed by atoms with E-state index in [1.807, 2.05) is 6.92 Å². The Morgan fingerprint density at radius 1 is 1.45 bits per heavy atom. The molecule has 0 aliphatic rings. The van der Waals surface area contributed by atoms with Crippen molar-refractivity contribution < 1.29 is 0 Å². The van der Waals surface area contributed by atoms with Gasteiger partial charge in [-0.15, -0.1) is 0 Å². The molecule has 3 heteroatoms. The Morgan fingerprint density at radius 3 is 2.55 bits per heavy atom. The van der Waals surface area contributed by atoms with Gasteiger partial charge in [-0.2, -0.15) is 0 Å². The Hall–Kier alpha value is -0.630. The van der Waals surface area contributed by atoms with Crippen molar-refractivity contribution in [3.05, 3.63) is 22.7 Å². The fourth-order valence-electron chi connectivity index (χ4n) is 0.718. The topological polar surface area (TPSA) is 25.8 Å². The molecule has 0 N–H and O–H groups in total. The van der Waals surface area contributed by atoms with Gasteiger partial charge in [0.05, 0.1) is 11.4 Å². The third-order valence-corrected chi connectivity index (χ3v) is 1.87. The van der Waals surface area contributed by atoms with Gasteiger partial charge in [0.25, 0.3) is 0 Å². The van der Waals surface area contributed by atoms with E-state index in [1.165, 1.54) is 0 Å². The number of nitrogens with zero attached hydrogens (tertiary/aromatic N) is 2. The van der Waals surface area contributed by atoms with Crippen LogP contribution in [-0.2, 0) is 0 Å². The van der Waals surface area contributed by atoms with E-state index in [-0.39, 0.29) is 0 Å². The standard InChI is InChI=1S/C8H11ClN2/c1-5(2)7-4-10-6(3)8(9)11-7/h4-5H,1-3H3. The first-order valence-electron chi connectivity index (χ1n) is 3.60. The van der Waals surface area contributed by atoms with Crippen LogP contribution in [0.5, 0.6) is 0 Å². The number of hydrogen-bond acceptors (Lipinski definition) is 2. The van der Waals surface area contributed by atoms with Gasteiger partial charge in [-0.05, 0) is 12.8 Å². The zero-order valence-electron chi connectivity index (χ0n) is 6.93. The molecule has 2 nitrogen and oxygen atoms in total. The predicted octanol–water partition coefficient (Wildman–Crippen LogP) is 2.56. The fourth-order valence-corrected chi connectivity index (χ4v) is 0.864. The van der Waals surface area contributed by atoms with E-state index < -0.39 is 0 Å². The van der Waals surface area contributed by atoms with Crippen LogP contribution in [-0.4, -0.2) is 9.97 Å². The van der Waals surface area contributed by atoms with E-state index in [0.717, 1.165) is 11.4 Å². The van der Waals surface area contributed by atoms with E-state index in [1.54, 1.807) is 6.20 Å². The molecule has 0 spiro atoms. The lowest BCUT2D eigenvalue weighted by Gasteiger charge is -2.04. The lowest BCUT2D eigenvalue weighted by Crippen LogP contribution is -1.96. The van der Waals surface area contributed by atoms with E-state index in [2.05, 4.69) is 23.8 Å². The van der Waals surface area contributed by atoms with Crippen molar-refractivity contribution in [3.63, 3.8) is 0 Å². The smallest absolute Gasteiger partial charge is 0.150 e. The van der Waals surface area contributed by atoms with E-state index in [9.17, 15) is 0 Å². The number of aromatic nitrogens is 2. The average Bonchev–Trinajstić information content (AvgIpc) is 1.94. The Labute approximate surface area is 71.6 Å². The molecule has 11 heavy (non-hydrogen) atoms. The first-order chi connectivity index (χ1) is 5.11. The summed E-state index contributed by atoms with van der Waals surface area (Å²) in [6.07, 6.45) is 1.77. The van der Waals surface area contributed by atoms with Gasteiger partial charge in [0.1, 0.15) is 0 Å². The van der Waals surface area contributed by atoms with Crippen LogP contribution < -0.4 is 0 Å². The van der Waals surface area contributed by atoms with Crippen molar-refractivity contribution in [2.45, 2.75) is 26.7 Å². The summed E-state index contributed by atoms with van der Waals surface area (Å²) in [6.45, 7) is 5.98. The molecule has 0 aliphatic heterocycles. The van der Waals surface area contributed by atoms with Gasteiger partial charge in [0.2, 0.25) is 0 Å². The summed E-state index contributed by atoms with van der Waals surface area (Å²) in [5, 5.41) is 0.510. The molecule has 1 rings (SSSR count). The molecular weight excluding hydrogens is 160 g/mol. The zero-order valence-corrected chi connectivity index (χ0v) is 7.68. The predicted molar refractivity (Wildman–Crippen MR) is 45.9 cm³/mol. The van der Waals surface area contributed by atoms with Gasteiger partial charge in [-0.3, -0.25) is 4.98 Å². The first-order valence-corrected chi connectivity index (χ1v) is 3.98. The summed E-state index contributed by atoms with van der Waals surface area (Å²) >= 11 is 5.78. The molecule has 0 amide bonds. The van der Waals surface area contributed by atoms with Crippen LogP contribution in [0.15, 0.2) is 6.20 Å². The summed E-state index contributed by atoms with van der Waals surface area (Å²) < 4.78 is 0. The van der Waals surface area contributed by atoms with Crippen LogP contribution in [0, 0.1) is 6.92 Å².